The lowest BCUT2D eigenvalue weighted by atomic mass is 10.1. The third-order valence-electron chi connectivity index (χ3n) is 3.34. The number of aryl methyl sites for hydroxylation is 2. The summed E-state index contributed by atoms with van der Waals surface area (Å²) in [6.45, 7) is 11.3. The van der Waals surface area contributed by atoms with Crippen LogP contribution < -0.4 is 10.1 Å². The summed E-state index contributed by atoms with van der Waals surface area (Å²) in [7, 11) is 0. The molecular weight excluding hydrogens is 280 g/mol. The van der Waals surface area contributed by atoms with Gasteiger partial charge in [-0.2, -0.15) is 0 Å². The number of pyridine rings is 1. The van der Waals surface area contributed by atoms with Crippen molar-refractivity contribution in [1.29, 1.82) is 0 Å². The first-order valence-electron chi connectivity index (χ1n) is 7.38. The van der Waals surface area contributed by atoms with E-state index in [2.05, 4.69) is 43.2 Å². The summed E-state index contributed by atoms with van der Waals surface area (Å²) in [5.74, 6) is 0.727. The molecule has 0 saturated carbocycles. The molecule has 0 aliphatic heterocycles. The summed E-state index contributed by atoms with van der Waals surface area (Å²) >= 11 is 1.85. The highest BCUT2D eigenvalue weighted by molar-refractivity contribution is 7.12. The zero-order valence-corrected chi connectivity index (χ0v) is 14.3. The normalized spacial score (nSPS) is 12.7. The molecule has 4 heteroatoms. The van der Waals surface area contributed by atoms with Crippen LogP contribution in [-0.4, -0.2) is 11.1 Å². The van der Waals surface area contributed by atoms with Gasteiger partial charge in [-0.3, -0.25) is 0 Å². The van der Waals surface area contributed by atoms with Crippen LogP contribution in [0.25, 0.3) is 0 Å². The molecule has 0 aliphatic carbocycles. The van der Waals surface area contributed by atoms with Gasteiger partial charge in [0.2, 0.25) is 5.88 Å². The lowest BCUT2D eigenvalue weighted by molar-refractivity contribution is 0.229. The maximum Gasteiger partial charge on any atom is 0.218 e. The van der Waals surface area contributed by atoms with Crippen molar-refractivity contribution in [2.45, 2.75) is 53.3 Å². The quantitative estimate of drug-likeness (QED) is 0.859. The Morgan fingerprint density at radius 1 is 1.29 bits per heavy atom. The molecule has 0 bridgehead atoms. The van der Waals surface area contributed by atoms with Crippen molar-refractivity contribution in [3.05, 3.63) is 45.3 Å². The minimum Gasteiger partial charge on any atom is -0.475 e. The third kappa shape index (κ3) is 4.29. The first-order valence-corrected chi connectivity index (χ1v) is 8.20. The Morgan fingerprint density at radius 2 is 2.05 bits per heavy atom. The fourth-order valence-electron chi connectivity index (χ4n) is 2.34. The van der Waals surface area contributed by atoms with Crippen molar-refractivity contribution >= 4 is 11.3 Å². The highest BCUT2D eigenvalue weighted by Crippen LogP contribution is 2.26. The molecule has 2 aromatic rings. The van der Waals surface area contributed by atoms with Crippen molar-refractivity contribution in [2.75, 3.05) is 0 Å². The van der Waals surface area contributed by atoms with E-state index in [0.717, 1.165) is 18.0 Å². The minimum absolute atomic E-state index is 0.137. The maximum atomic E-state index is 5.76. The highest BCUT2D eigenvalue weighted by Gasteiger charge is 2.12. The molecule has 0 amide bonds. The van der Waals surface area contributed by atoms with E-state index in [1.54, 1.807) is 6.20 Å². The molecule has 2 rings (SSSR count). The Labute approximate surface area is 131 Å². The van der Waals surface area contributed by atoms with Gasteiger partial charge in [0, 0.05) is 34.1 Å². The van der Waals surface area contributed by atoms with E-state index in [-0.39, 0.29) is 6.10 Å². The van der Waals surface area contributed by atoms with E-state index >= 15 is 0 Å². The molecule has 1 unspecified atom stereocenters. The Morgan fingerprint density at radius 3 is 2.67 bits per heavy atom. The van der Waals surface area contributed by atoms with Crippen molar-refractivity contribution in [3.63, 3.8) is 0 Å². The van der Waals surface area contributed by atoms with E-state index in [0.29, 0.717) is 6.04 Å². The van der Waals surface area contributed by atoms with Gasteiger partial charge in [0.05, 0.1) is 6.10 Å². The van der Waals surface area contributed by atoms with E-state index < -0.39 is 0 Å². The number of aromatic nitrogens is 1. The van der Waals surface area contributed by atoms with E-state index in [1.165, 1.54) is 15.3 Å². The zero-order chi connectivity index (χ0) is 15.4. The predicted octanol–water partition coefficient (Wildman–Crippen LogP) is 4.40. The number of nitrogens with zero attached hydrogens (tertiary/aromatic N) is 1. The van der Waals surface area contributed by atoms with Gasteiger partial charge in [-0.25, -0.2) is 4.98 Å². The number of ether oxygens (including phenoxy) is 1. The average Bonchev–Trinajstić information content (AvgIpc) is 2.76. The molecule has 114 valence electrons. The van der Waals surface area contributed by atoms with Crippen molar-refractivity contribution in [1.82, 2.24) is 10.3 Å². The molecule has 0 aliphatic rings. The molecule has 2 aromatic heterocycles. The SMILES string of the molecule is Cc1cc(C(C)NCc2cccnc2OC(C)C)c(C)s1. The summed E-state index contributed by atoms with van der Waals surface area (Å²) in [5.41, 5.74) is 2.48. The van der Waals surface area contributed by atoms with Crippen LogP contribution in [-0.2, 0) is 6.54 Å². The standard InChI is InChI=1S/C17H24N2OS/c1-11(2)20-17-15(7-6-8-18-17)10-19-13(4)16-9-12(3)21-14(16)5/h6-9,11,13,19H,10H2,1-5H3. The van der Waals surface area contributed by atoms with Gasteiger partial charge in [-0.1, -0.05) is 6.07 Å². The molecule has 0 fully saturated rings. The second-order valence-corrected chi connectivity index (χ2v) is 7.07. The smallest absolute Gasteiger partial charge is 0.218 e. The molecule has 0 aromatic carbocycles. The van der Waals surface area contributed by atoms with Gasteiger partial charge in [-0.15, -0.1) is 11.3 Å². The van der Waals surface area contributed by atoms with Crippen LogP contribution in [0.1, 0.15) is 47.7 Å². The summed E-state index contributed by atoms with van der Waals surface area (Å²) in [6, 6.07) is 6.61. The first kappa shape index (κ1) is 16.0. The van der Waals surface area contributed by atoms with Gasteiger partial charge in [0.25, 0.3) is 0 Å². The molecule has 0 radical (unpaired) electrons. The second-order valence-electron chi connectivity index (χ2n) is 5.61. The van der Waals surface area contributed by atoms with Gasteiger partial charge < -0.3 is 10.1 Å². The average molecular weight is 304 g/mol. The molecule has 0 saturated heterocycles. The number of rotatable bonds is 6. The van der Waals surface area contributed by atoms with Crippen molar-refractivity contribution < 1.29 is 4.74 Å². The van der Waals surface area contributed by atoms with Gasteiger partial charge in [0.15, 0.2) is 0 Å². The van der Waals surface area contributed by atoms with Crippen LogP contribution in [0.15, 0.2) is 24.4 Å². The van der Waals surface area contributed by atoms with E-state index in [4.69, 9.17) is 4.74 Å². The predicted molar refractivity (Wildman–Crippen MR) is 89.0 cm³/mol. The Hall–Kier alpha value is -1.39. The van der Waals surface area contributed by atoms with Crippen LogP contribution in [0.5, 0.6) is 5.88 Å². The van der Waals surface area contributed by atoms with Crippen LogP contribution in [0.3, 0.4) is 0 Å². The Kier molecular flexibility index (Phi) is 5.37. The number of hydrogen-bond acceptors (Lipinski definition) is 4. The number of hydrogen-bond donors (Lipinski definition) is 1. The van der Waals surface area contributed by atoms with Crippen LogP contribution in [0.2, 0.25) is 0 Å². The summed E-state index contributed by atoms with van der Waals surface area (Å²) in [4.78, 5) is 7.08. The molecule has 2 heterocycles. The fourth-order valence-corrected chi connectivity index (χ4v) is 3.36. The zero-order valence-electron chi connectivity index (χ0n) is 13.4. The maximum absolute atomic E-state index is 5.76. The third-order valence-corrected chi connectivity index (χ3v) is 4.32. The van der Waals surface area contributed by atoms with E-state index in [9.17, 15) is 0 Å². The van der Waals surface area contributed by atoms with Gasteiger partial charge >= 0.3 is 0 Å². The first-order chi connectivity index (χ1) is 9.97. The topological polar surface area (TPSA) is 34.2 Å². The summed E-state index contributed by atoms with van der Waals surface area (Å²) < 4.78 is 5.76. The summed E-state index contributed by atoms with van der Waals surface area (Å²) in [6.07, 6.45) is 1.91. The Bertz CT molecular complexity index is 592. The van der Waals surface area contributed by atoms with Crippen molar-refractivity contribution in [3.8, 4) is 5.88 Å². The monoisotopic (exact) mass is 304 g/mol. The molecular formula is C17H24N2OS. The highest BCUT2D eigenvalue weighted by atomic mass is 32.1. The van der Waals surface area contributed by atoms with Gasteiger partial charge in [0.1, 0.15) is 0 Å². The van der Waals surface area contributed by atoms with Crippen LogP contribution in [0, 0.1) is 13.8 Å². The largest absolute Gasteiger partial charge is 0.475 e. The second kappa shape index (κ2) is 7.05. The molecule has 21 heavy (non-hydrogen) atoms. The van der Waals surface area contributed by atoms with Crippen molar-refractivity contribution in [2.24, 2.45) is 0 Å². The molecule has 3 nitrogen and oxygen atoms in total. The number of thiophene rings is 1. The molecule has 1 N–H and O–H groups in total. The lowest BCUT2D eigenvalue weighted by Crippen LogP contribution is -2.19. The molecule has 0 spiro atoms. The van der Waals surface area contributed by atoms with Crippen LogP contribution in [0.4, 0.5) is 0 Å². The van der Waals surface area contributed by atoms with Crippen LogP contribution >= 0.6 is 11.3 Å². The lowest BCUT2D eigenvalue weighted by Gasteiger charge is -2.16. The number of nitrogens with one attached hydrogen (secondary N) is 1. The molecule has 1 atom stereocenters. The fraction of sp³-hybridized carbons (Fsp3) is 0.471. The van der Waals surface area contributed by atoms with Gasteiger partial charge in [-0.05, 0) is 52.3 Å². The van der Waals surface area contributed by atoms with E-state index in [1.807, 2.05) is 31.3 Å². The Balaban J connectivity index is 2.04. The summed E-state index contributed by atoms with van der Waals surface area (Å²) in [5, 5.41) is 3.57. The minimum atomic E-state index is 0.137.